The molecule has 1 spiro atoms. The molecule has 0 saturated carbocycles. The average molecular weight is 380 g/mol. The lowest BCUT2D eigenvalue weighted by molar-refractivity contribution is -0.605. The SMILES string of the molecule is O=C(c1ccc[n+]([O-])c1)N1CCC2(CCCN(CCCc3ccccc3)C2)C1. The summed E-state index contributed by atoms with van der Waals surface area (Å²) in [5, 5.41) is 11.5. The van der Waals surface area contributed by atoms with Crippen molar-refractivity contribution in [3.05, 3.63) is 71.2 Å². The van der Waals surface area contributed by atoms with Crippen LogP contribution in [0.1, 0.15) is 41.6 Å². The minimum absolute atomic E-state index is 0.0109. The number of carbonyl (C=O) groups is 1. The number of rotatable bonds is 5. The van der Waals surface area contributed by atoms with Crippen LogP contribution < -0.4 is 4.73 Å². The molecule has 2 aliphatic rings. The molecule has 5 nitrogen and oxygen atoms in total. The fourth-order valence-electron chi connectivity index (χ4n) is 4.86. The van der Waals surface area contributed by atoms with E-state index in [-0.39, 0.29) is 11.3 Å². The summed E-state index contributed by atoms with van der Waals surface area (Å²) in [4.78, 5) is 17.3. The van der Waals surface area contributed by atoms with E-state index in [0.29, 0.717) is 10.3 Å². The Labute approximate surface area is 167 Å². The highest BCUT2D eigenvalue weighted by atomic mass is 16.5. The smallest absolute Gasteiger partial charge is 0.259 e. The topological polar surface area (TPSA) is 50.5 Å². The zero-order valence-electron chi connectivity index (χ0n) is 16.4. The Morgan fingerprint density at radius 3 is 2.75 bits per heavy atom. The molecule has 28 heavy (non-hydrogen) atoms. The normalized spacial score (nSPS) is 22.6. The van der Waals surface area contributed by atoms with Gasteiger partial charge in [0.1, 0.15) is 5.56 Å². The number of pyridine rings is 1. The minimum atomic E-state index is -0.0109. The molecule has 4 rings (SSSR count). The molecule has 5 heteroatoms. The van der Waals surface area contributed by atoms with Crippen LogP contribution in [0.25, 0.3) is 0 Å². The van der Waals surface area contributed by atoms with Gasteiger partial charge in [-0.25, -0.2) is 0 Å². The second kappa shape index (κ2) is 8.31. The predicted octanol–water partition coefficient (Wildman–Crippen LogP) is 2.88. The molecule has 1 unspecified atom stereocenters. The van der Waals surface area contributed by atoms with Crippen molar-refractivity contribution >= 4 is 5.91 Å². The van der Waals surface area contributed by atoms with Crippen LogP contribution in [0.2, 0.25) is 0 Å². The van der Waals surface area contributed by atoms with E-state index < -0.39 is 0 Å². The largest absolute Gasteiger partial charge is 0.619 e. The summed E-state index contributed by atoms with van der Waals surface area (Å²) < 4.78 is 0.703. The number of benzene rings is 1. The second-order valence-corrected chi connectivity index (χ2v) is 8.40. The van der Waals surface area contributed by atoms with E-state index >= 15 is 0 Å². The van der Waals surface area contributed by atoms with Gasteiger partial charge in [0, 0.05) is 31.1 Å². The number of nitrogens with zero attached hydrogens (tertiary/aromatic N) is 3. The van der Waals surface area contributed by atoms with Crippen molar-refractivity contribution in [3.63, 3.8) is 0 Å². The number of aromatic nitrogens is 1. The summed E-state index contributed by atoms with van der Waals surface area (Å²) in [7, 11) is 0. The second-order valence-electron chi connectivity index (χ2n) is 8.40. The van der Waals surface area contributed by atoms with Crippen molar-refractivity contribution in [2.24, 2.45) is 5.41 Å². The fourth-order valence-corrected chi connectivity index (χ4v) is 4.86. The van der Waals surface area contributed by atoms with Gasteiger partial charge in [-0.15, -0.1) is 0 Å². The van der Waals surface area contributed by atoms with Crippen LogP contribution in [0.5, 0.6) is 0 Å². The van der Waals surface area contributed by atoms with Gasteiger partial charge in [0.2, 0.25) is 0 Å². The maximum absolute atomic E-state index is 12.8. The molecule has 0 bridgehead atoms. The number of carbonyl (C=O) groups excluding carboxylic acids is 1. The third-order valence-corrected chi connectivity index (χ3v) is 6.27. The fraction of sp³-hybridized carbons (Fsp3) is 0.478. The summed E-state index contributed by atoms with van der Waals surface area (Å²) in [5.74, 6) is -0.0109. The number of hydrogen-bond acceptors (Lipinski definition) is 3. The number of aryl methyl sites for hydroxylation is 1. The highest BCUT2D eigenvalue weighted by molar-refractivity contribution is 5.93. The number of piperidine rings is 1. The van der Waals surface area contributed by atoms with Crippen LogP contribution in [-0.4, -0.2) is 48.4 Å². The van der Waals surface area contributed by atoms with E-state index in [9.17, 15) is 10.0 Å². The molecule has 1 amide bonds. The molecular weight excluding hydrogens is 350 g/mol. The molecule has 148 valence electrons. The summed E-state index contributed by atoms with van der Waals surface area (Å²) in [6.07, 6.45) is 8.56. The lowest BCUT2D eigenvalue weighted by Gasteiger charge is -2.40. The van der Waals surface area contributed by atoms with Gasteiger partial charge in [-0.3, -0.25) is 4.79 Å². The molecule has 3 heterocycles. The maximum atomic E-state index is 12.8. The maximum Gasteiger partial charge on any atom is 0.259 e. The van der Waals surface area contributed by atoms with E-state index in [1.54, 1.807) is 12.1 Å². The Balaban J connectivity index is 1.32. The molecule has 2 saturated heterocycles. The standard InChI is InChI=1S/C23H29N3O2/c27-22(21-10-5-15-26(28)17-21)25-16-12-23(19-25)11-6-14-24(18-23)13-4-9-20-7-2-1-3-8-20/h1-3,5,7-8,10,15,17H,4,6,9,11-14,16,18-19H2. The van der Waals surface area contributed by atoms with Crippen LogP contribution in [0.3, 0.4) is 0 Å². The summed E-state index contributed by atoms with van der Waals surface area (Å²) in [6, 6.07) is 14.1. The molecule has 1 aromatic carbocycles. The molecule has 0 radical (unpaired) electrons. The van der Waals surface area contributed by atoms with Crippen molar-refractivity contribution in [3.8, 4) is 0 Å². The van der Waals surface area contributed by atoms with Crippen LogP contribution in [0.4, 0.5) is 0 Å². The van der Waals surface area contributed by atoms with Crippen molar-refractivity contribution < 1.29 is 9.52 Å². The summed E-state index contributed by atoms with van der Waals surface area (Å²) in [6.45, 7) is 4.99. The van der Waals surface area contributed by atoms with Gasteiger partial charge < -0.3 is 15.0 Å². The van der Waals surface area contributed by atoms with Crippen molar-refractivity contribution in [2.75, 3.05) is 32.7 Å². The van der Waals surface area contributed by atoms with Crippen LogP contribution in [0.15, 0.2) is 54.9 Å². The molecule has 2 aliphatic heterocycles. The molecule has 0 N–H and O–H groups in total. The van der Waals surface area contributed by atoms with Gasteiger partial charge in [0.25, 0.3) is 5.91 Å². The lowest BCUT2D eigenvalue weighted by Crippen LogP contribution is -2.45. The first-order valence-corrected chi connectivity index (χ1v) is 10.4. The Hall–Kier alpha value is -2.40. The first-order valence-electron chi connectivity index (χ1n) is 10.4. The van der Waals surface area contributed by atoms with Crippen LogP contribution in [0, 0.1) is 10.6 Å². The zero-order valence-corrected chi connectivity index (χ0v) is 16.4. The summed E-state index contributed by atoms with van der Waals surface area (Å²) >= 11 is 0. The van der Waals surface area contributed by atoms with E-state index in [1.165, 1.54) is 43.8 Å². The quantitative estimate of drug-likeness (QED) is 0.593. The van der Waals surface area contributed by atoms with Crippen molar-refractivity contribution in [1.82, 2.24) is 9.80 Å². The highest BCUT2D eigenvalue weighted by Crippen LogP contribution is 2.39. The van der Waals surface area contributed by atoms with Gasteiger partial charge in [-0.05, 0) is 56.8 Å². The van der Waals surface area contributed by atoms with Crippen molar-refractivity contribution in [1.29, 1.82) is 0 Å². The van der Waals surface area contributed by atoms with Crippen LogP contribution in [-0.2, 0) is 6.42 Å². The third kappa shape index (κ3) is 4.36. The Morgan fingerprint density at radius 1 is 1.07 bits per heavy atom. The predicted molar refractivity (Wildman–Crippen MR) is 109 cm³/mol. The lowest BCUT2D eigenvalue weighted by atomic mass is 9.79. The Kier molecular flexibility index (Phi) is 5.62. The van der Waals surface area contributed by atoms with Gasteiger partial charge in [-0.1, -0.05) is 30.3 Å². The average Bonchev–Trinajstić information content (AvgIpc) is 3.11. The first-order chi connectivity index (χ1) is 13.6. The molecule has 0 aliphatic carbocycles. The Bertz CT molecular complexity index is 811. The Morgan fingerprint density at radius 2 is 1.93 bits per heavy atom. The molecule has 2 aromatic rings. The number of amides is 1. The van der Waals surface area contributed by atoms with E-state index in [2.05, 4.69) is 35.2 Å². The van der Waals surface area contributed by atoms with Gasteiger partial charge >= 0.3 is 0 Å². The third-order valence-electron chi connectivity index (χ3n) is 6.27. The van der Waals surface area contributed by atoms with E-state index in [4.69, 9.17) is 0 Å². The number of hydrogen-bond donors (Lipinski definition) is 0. The van der Waals surface area contributed by atoms with Gasteiger partial charge in [-0.2, -0.15) is 4.73 Å². The molecule has 1 aromatic heterocycles. The van der Waals surface area contributed by atoms with Crippen LogP contribution >= 0.6 is 0 Å². The molecule has 1 atom stereocenters. The van der Waals surface area contributed by atoms with Gasteiger partial charge in [0.15, 0.2) is 12.4 Å². The van der Waals surface area contributed by atoms with Gasteiger partial charge in [0.05, 0.1) is 0 Å². The zero-order chi connectivity index (χ0) is 19.4. The molecule has 2 fully saturated rings. The number of likely N-dealkylation sites (tertiary alicyclic amines) is 2. The van der Waals surface area contributed by atoms with E-state index in [0.717, 1.165) is 39.0 Å². The minimum Gasteiger partial charge on any atom is -0.619 e. The highest BCUT2D eigenvalue weighted by Gasteiger charge is 2.42. The first kappa shape index (κ1) is 18.9. The monoisotopic (exact) mass is 379 g/mol. The van der Waals surface area contributed by atoms with E-state index in [1.807, 2.05) is 4.90 Å². The van der Waals surface area contributed by atoms with Crippen molar-refractivity contribution in [2.45, 2.75) is 32.1 Å². The summed E-state index contributed by atoms with van der Waals surface area (Å²) in [5.41, 5.74) is 2.12. The molecular formula is C23H29N3O2.